The smallest absolute Gasteiger partial charge is 0.262 e. The second-order valence-corrected chi connectivity index (χ2v) is 10.0. The van der Waals surface area contributed by atoms with E-state index in [1.54, 1.807) is 13.0 Å². The van der Waals surface area contributed by atoms with Crippen LogP contribution in [0.1, 0.15) is 41.4 Å². The van der Waals surface area contributed by atoms with Crippen molar-refractivity contribution < 1.29 is 9.59 Å². The van der Waals surface area contributed by atoms with E-state index in [0.717, 1.165) is 29.8 Å². The summed E-state index contributed by atoms with van der Waals surface area (Å²) >= 11 is 4.72. The van der Waals surface area contributed by atoms with Crippen molar-refractivity contribution in [2.24, 2.45) is 0 Å². The van der Waals surface area contributed by atoms with Crippen LogP contribution < -0.4 is 10.6 Å². The Hall–Kier alpha value is -1.70. The third-order valence-corrected chi connectivity index (χ3v) is 6.76. The van der Waals surface area contributed by atoms with E-state index in [1.165, 1.54) is 36.2 Å². The minimum atomic E-state index is -0.594. The van der Waals surface area contributed by atoms with Crippen molar-refractivity contribution in [3.8, 4) is 0 Å². The van der Waals surface area contributed by atoms with Crippen LogP contribution in [0.15, 0.2) is 46.3 Å². The molecular weight excluding hydrogens is 450 g/mol. The molecule has 7 heteroatoms. The van der Waals surface area contributed by atoms with Gasteiger partial charge in [-0.1, -0.05) is 36.8 Å². The molecule has 1 aromatic carbocycles. The lowest BCUT2D eigenvalue weighted by Crippen LogP contribution is -2.52. The summed E-state index contributed by atoms with van der Waals surface area (Å²) in [4.78, 5) is 28.2. The van der Waals surface area contributed by atoms with Gasteiger partial charge in [-0.2, -0.15) is 0 Å². The third kappa shape index (κ3) is 6.94. The van der Waals surface area contributed by atoms with Crippen molar-refractivity contribution in [3.63, 3.8) is 0 Å². The Labute approximate surface area is 185 Å². The Morgan fingerprint density at radius 2 is 1.79 bits per heavy atom. The quantitative estimate of drug-likeness (QED) is 0.606. The van der Waals surface area contributed by atoms with E-state index in [9.17, 15) is 9.59 Å². The van der Waals surface area contributed by atoms with Gasteiger partial charge in [0.25, 0.3) is 5.91 Å². The second-order valence-electron chi connectivity index (χ2n) is 7.56. The number of benzene rings is 1. The summed E-state index contributed by atoms with van der Waals surface area (Å²) < 4.78 is 0.893. The molecule has 1 aliphatic heterocycles. The van der Waals surface area contributed by atoms with Gasteiger partial charge in [-0.15, -0.1) is 11.3 Å². The van der Waals surface area contributed by atoms with E-state index in [4.69, 9.17) is 0 Å². The van der Waals surface area contributed by atoms with Crippen LogP contribution in [0.4, 0.5) is 0 Å². The number of hydrogen-bond acceptors (Lipinski definition) is 4. The Morgan fingerprint density at radius 1 is 1.07 bits per heavy atom. The fraction of sp³-hybridized carbons (Fsp3) is 0.455. The van der Waals surface area contributed by atoms with E-state index >= 15 is 0 Å². The van der Waals surface area contributed by atoms with Gasteiger partial charge in [0, 0.05) is 12.6 Å². The Kier molecular flexibility index (Phi) is 8.27. The highest BCUT2D eigenvalue weighted by atomic mass is 79.9. The number of hydrogen-bond donors (Lipinski definition) is 2. The largest absolute Gasteiger partial charge is 0.350 e. The zero-order valence-corrected chi connectivity index (χ0v) is 19.1. The van der Waals surface area contributed by atoms with Gasteiger partial charge in [0.2, 0.25) is 5.91 Å². The van der Waals surface area contributed by atoms with Gasteiger partial charge in [-0.25, -0.2) is 0 Å². The first kappa shape index (κ1) is 22.0. The molecule has 2 aromatic rings. The van der Waals surface area contributed by atoms with Gasteiger partial charge >= 0.3 is 0 Å². The van der Waals surface area contributed by atoms with Crippen molar-refractivity contribution >= 4 is 39.1 Å². The van der Waals surface area contributed by atoms with E-state index in [-0.39, 0.29) is 17.9 Å². The second kappa shape index (κ2) is 10.9. The Bertz CT molecular complexity index is 805. The number of piperidine rings is 1. The number of nitrogens with zero attached hydrogens (tertiary/aromatic N) is 1. The molecule has 3 rings (SSSR count). The summed E-state index contributed by atoms with van der Waals surface area (Å²) in [6.45, 7) is 4.73. The van der Waals surface area contributed by atoms with Crippen LogP contribution in [0.3, 0.4) is 0 Å². The molecule has 2 N–H and O–H groups in total. The number of rotatable bonds is 8. The van der Waals surface area contributed by atoms with Crippen LogP contribution in [-0.2, 0) is 11.2 Å². The Morgan fingerprint density at radius 3 is 2.45 bits per heavy atom. The van der Waals surface area contributed by atoms with E-state index in [1.807, 2.05) is 24.3 Å². The average molecular weight is 478 g/mol. The number of thiophene rings is 1. The monoisotopic (exact) mass is 477 g/mol. The number of carbonyl (C=O) groups is 2. The molecule has 1 aromatic heterocycles. The predicted octanol–water partition coefficient (Wildman–Crippen LogP) is 3.84. The fourth-order valence-corrected chi connectivity index (χ4v) is 4.90. The summed E-state index contributed by atoms with van der Waals surface area (Å²) in [5, 5.41) is 5.98. The van der Waals surface area contributed by atoms with Crippen molar-refractivity contribution in [1.82, 2.24) is 15.5 Å². The molecule has 0 spiro atoms. The van der Waals surface area contributed by atoms with Gasteiger partial charge in [-0.05, 0) is 72.9 Å². The van der Waals surface area contributed by atoms with Gasteiger partial charge < -0.3 is 15.5 Å². The van der Waals surface area contributed by atoms with Gasteiger partial charge in [0.05, 0.1) is 8.66 Å². The van der Waals surface area contributed by atoms with Crippen LogP contribution >= 0.6 is 27.3 Å². The highest BCUT2D eigenvalue weighted by Gasteiger charge is 2.23. The zero-order chi connectivity index (χ0) is 20.6. The van der Waals surface area contributed by atoms with Crippen LogP contribution in [0.5, 0.6) is 0 Å². The average Bonchev–Trinajstić information content (AvgIpc) is 3.16. The van der Waals surface area contributed by atoms with Gasteiger partial charge in [-0.3, -0.25) is 9.59 Å². The number of likely N-dealkylation sites (tertiary alicyclic amines) is 1. The molecule has 156 valence electrons. The standard InChI is InChI=1S/C22H28BrN3O2S/c1-16(24-22(28)19-10-11-20(23)29-19)21(27)25-18(14-17-8-4-2-5-9-17)15-26-12-6-3-7-13-26/h2,4-5,8-11,16,18H,3,6-7,12-15H2,1H3,(H,24,28)(H,25,27)/t16-,18-/m1/s1. The number of nitrogens with one attached hydrogen (secondary N) is 2. The van der Waals surface area contributed by atoms with Crippen LogP contribution in [-0.4, -0.2) is 48.4 Å². The number of amides is 2. The molecule has 2 heterocycles. The summed E-state index contributed by atoms with van der Waals surface area (Å²) in [7, 11) is 0. The molecule has 1 aliphatic rings. The molecule has 1 fully saturated rings. The number of halogens is 1. The summed E-state index contributed by atoms with van der Waals surface area (Å²) in [5.74, 6) is -0.370. The molecule has 1 saturated heterocycles. The molecule has 5 nitrogen and oxygen atoms in total. The van der Waals surface area contributed by atoms with Crippen LogP contribution in [0, 0.1) is 0 Å². The molecule has 0 bridgehead atoms. The maximum absolute atomic E-state index is 12.8. The zero-order valence-electron chi connectivity index (χ0n) is 16.7. The first-order valence-corrected chi connectivity index (χ1v) is 11.7. The first-order valence-electron chi connectivity index (χ1n) is 10.1. The van der Waals surface area contributed by atoms with Gasteiger partial charge in [0.1, 0.15) is 6.04 Å². The van der Waals surface area contributed by atoms with Crippen molar-refractivity contribution in [1.29, 1.82) is 0 Å². The number of carbonyl (C=O) groups excluding carboxylic acids is 2. The Balaban J connectivity index is 1.60. The molecule has 2 atom stereocenters. The van der Waals surface area contributed by atoms with E-state index in [2.05, 4.69) is 43.6 Å². The molecule has 0 unspecified atom stereocenters. The maximum Gasteiger partial charge on any atom is 0.262 e. The molecule has 0 aliphatic carbocycles. The normalized spacial score (nSPS) is 16.8. The topological polar surface area (TPSA) is 61.4 Å². The molecule has 0 saturated carbocycles. The van der Waals surface area contributed by atoms with Crippen LogP contribution in [0.2, 0.25) is 0 Å². The first-order chi connectivity index (χ1) is 14.0. The highest BCUT2D eigenvalue weighted by molar-refractivity contribution is 9.11. The van der Waals surface area contributed by atoms with Crippen molar-refractivity contribution in [2.75, 3.05) is 19.6 Å². The van der Waals surface area contributed by atoms with E-state index < -0.39 is 6.04 Å². The van der Waals surface area contributed by atoms with Crippen LogP contribution in [0.25, 0.3) is 0 Å². The van der Waals surface area contributed by atoms with Gasteiger partial charge in [0.15, 0.2) is 0 Å². The lowest BCUT2D eigenvalue weighted by atomic mass is 10.0. The lowest BCUT2D eigenvalue weighted by molar-refractivity contribution is -0.123. The maximum atomic E-state index is 12.8. The third-order valence-electron chi connectivity index (χ3n) is 5.14. The lowest BCUT2D eigenvalue weighted by Gasteiger charge is -2.31. The summed E-state index contributed by atoms with van der Waals surface area (Å²) in [6, 6.07) is 13.2. The summed E-state index contributed by atoms with van der Waals surface area (Å²) in [5.41, 5.74) is 1.20. The minimum absolute atomic E-state index is 0.0123. The predicted molar refractivity (Wildman–Crippen MR) is 121 cm³/mol. The molecule has 29 heavy (non-hydrogen) atoms. The van der Waals surface area contributed by atoms with E-state index in [0.29, 0.717) is 4.88 Å². The molecular formula is C22H28BrN3O2S. The molecule has 0 radical (unpaired) electrons. The molecule has 2 amide bonds. The van der Waals surface area contributed by atoms with Crippen molar-refractivity contribution in [2.45, 2.75) is 44.7 Å². The van der Waals surface area contributed by atoms with Crippen molar-refractivity contribution in [3.05, 3.63) is 56.7 Å². The fourth-order valence-electron chi connectivity index (χ4n) is 3.61. The summed E-state index contributed by atoms with van der Waals surface area (Å²) in [6.07, 6.45) is 4.50. The minimum Gasteiger partial charge on any atom is -0.350 e. The SMILES string of the molecule is C[C@@H](NC(=O)c1ccc(Br)s1)C(=O)N[C@H](Cc1ccccc1)CN1CCCCC1. The highest BCUT2D eigenvalue weighted by Crippen LogP contribution is 2.22.